The standard InChI is InChI=1S/C17H24N8.HI/c1-3-18-17(19-9-6-7-14-11-21-22-13(14)2)20-12-16-24-23-15-8-4-5-10-25(15)16;/h4-5,8,10-11H,3,6-7,9,12H2,1-2H3,(H,21,22)(H2,18,19,20);1H. The van der Waals surface area contributed by atoms with Gasteiger partial charge >= 0.3 is 0 Å². The summed E-state index contributed by atoms with van der Waals surface area (Å²) in [6.07, 6.45) is 5.85. The van der Waals surface area contributed by atoms with Gasteiger partial charge in [-0.1, -0.05) is 6.07 Å². The van der Waals surface area contributed by atoms with Gasteiger partial charge in [0.2, 0.25) is 0 Å². The number of nitrogens with zero attached hydrogens (tertiary/aromatic N) is 5. The Labute approximate surface area is 169 Å². The van der Waals surface area contributed by atoms with Crippen LogP contribution in [0.2, 0.25) is 0 Å². The van der Waals surface area contributed by atoms with E-state index in [-0.39, 0.29) is 24.0 Å². The van der Waals surface area contributed by atoms with Gasteiger partial charge in [0.1, 0.15) is 6.54 Å². The Bertz CT molecular complexity index is 838. The Morgan fingerprint density at radius 2 is 2.15 bits per heavy atom. The van der Waals surface area contributed by atoms with Crippen LogP contribution in [0.4, 0.5) is 0 Å². The second kappa shape index (κ2) is 10.1. The molecule has 140 valence electrons. The molecule has 0 radical (unpaired) electrons. The number of H-pyrrole nitrogens is 1. The van der Waals surface area contributed by atoms with Gasteiger partial charge in [0.15, 0.2) is 17.4 Å². The van der Waals surface area contributed by atoms with Gasteiger partial charge in [0.25, 0.3) is 0 Å². The van der Waals surface area contributed by atoms with Crippen LogP contribution < -0.4 is 10.6 Å². The molecule has 8 nitrogen and oxygen atoms in total. The van der Waals surface area contributed by atoms with Crippen LogP contribution in [0.3, 0.4) is 0 Å². The highest BCUT2D eigenvalue weighted by molar-refractivity contribution is 14.0. The number of pyridine rings is 1. The van der Waals surface area contributed by atoms with Crippen LogP contribution in [0.15, 0.2) is 35.6 Å². The van der Waals surface area contributed by atoms with Gasteiger partial charge in [-0.2, -0.15) is 5.10 Å². The largest absolute Gasteiger partial charge is 0.357 e. The first-order chi connectivity index (χ1) is 12.3. The van der Waals surface area contributed by atoms with Crippen molar-refractivity contribution in [3.63, 3.8) is 0 Å². The molecule has 3 aromatic rings. The minimum Gasteiger partial charge on any atom is -0.357 e. The van der Waals surface area contributed by atoms with Gasteiger partial charge < -0.3 is 10.6 Å². The van der Waals surface area contributed by atoms with Crippen LogP contribution in [0.1, 0.15) is 30.4 Å². The van der Waals surface area contributed by atoms with E-state index in [0.29, 0.717) is 6.54 Å². The van der Waals surface area contributed by atoms with Crippen molar-refractivity contribution in [2.24, 2.45) is 4.99 Å². The smallest absolute Gasteiger partial charge is 0.191 e. The summed E-state index contributed by atoms with van der Waals surface area (Å²) in [5.74, 6) is 1.61. The lowest BCUT2D eigenvalue weighted by atomic mass is 10.1. The van der Waals surface area contributed by atoms with Crippen molar-refractivity contribution in [2.75, 3.05) is 13.1 Å². The van der Waals surface area contributed by atoms with E-state index in [0.717, 1.165) is 49.1 Å². The monoisotopic (exact) mass is 468 g/mol. The Balaban J connectivity index is 0.00000243. The van der Waals surface area contributed by atoms with Gasteiger partial charge in [-0.15, -0.1) is 34.2 Å². The molecule has 3 rings (SSSR count). The van der Waals surface area contributed by atoms with E-state index in [1.165, 1.54) is 5.56 Å². The predicted octanol–water partition coefficient (Wildman–Crippen LogP) is 2.07. The number of guanidine groups is 1. The molecule has 0 atom stereocenters. The molecule has 26 heavy (non-hydrogen) atoms. The van der Waals surface area contributed by atoms with Gasteiger partial charge in [-0.3, -0.25) is 9.50 Å². The Morgan fingerprint density at radius 3 is 2.92 bits per heavy atom. The number of fused-ring (bicyclic) bond motifs is 1. The SMILES string of the molecule is CCNC(=NCc1nnc2ccccn12)NCCCc1cn[nH]c1C.I. The molecule has 3 aromatic heterocycles. The number of aromatic amines is 1. The van der Waals surface area contributed by atoms with Gasteiger partial charge in [-0.25, -0.2) is 4.99 Å². The molecule has 0 aromatic carbocycles. The minimum atomic E-state index is 0. The second-order valence-corrected chi connectivity index (χ2v) is 5.79. The highest BCUT2D eigenvalue weighted by Crippen LogP contribution is 2.05. The second-order valence-electron chi connectivity index (χ2n) is 5.79. The number of aryl methyl sites for hydroxylation is 2. The van der Waals surface area contributed by atoms with E-state index in [1.807, 2.05) is 41.9 Å². The lowest BCUT2D eigenvalue weighted by Gasteiger charge is -2.10. The number of rotatable bonds is 7. The van der Waals surface area contributed by atoms with Crippen molar-refractivity contribution >= 4 is 35.6 Å². The Kier molecular flexibility index (Phi) is 7.82. The number of hydrogen-bond acceptors (Lipinski definition) is 4. The molecule has 0 amide bonds. The first-order valence-corrected chi connectivity index (χ1v) is 8.57. The zero-order chi connectivity index (χ0) is 17.5. The fourth-order valence-corrected chi connectivity index (χ4v) is 2.60. The first kappa shape index (κ1) is 20.1. The predicted molar refractivity (Wildman–Crippen MR) is 113 cm³/mol. The lowest BCUT2D eigenvalue weighted by molar-refractivity contribution is 0.738. The average Bonchev–Trinajstić information content (AvgIpc) is 3.22. The normalized spacial score (nSPS) is 11.4. The van der Waals surface area contributed by atoms with Crippen molar-refractivity contribution in [1.29, 1.82) is 0 Å². The molecule has 0 saturated carbocycles. The van der Waals surface area contributed by atoms with Crippen LogP contribution in [-0.2, 0) is 13.0 Å². The number of aliphatic imine (C=N–C) groups is 1. The number of aromatic nitrogens is 5. The molecular weight excluding hydrogens is 443 g/mol. The molecule has 3 N–H and O–H groups in total. The lowest BCUT2D eigenvalue weighted by Crippen LogP contribution is -2.37. The van der Waals surface area contributed by atoms with E-state index >= 15 is 0 Å². The fraction of sp³-hybridized carbons (Fsp3) is 0.412. The van der Waals surface area contributed by atoms with Crippen molar-refractivity contribution < 1.29 is 0 Å². The third-order valence-corrected chi connectivity index (χ3v) is 3.96. The van der Waals surface area contributed by atoms with Crippen molar-refractivity contribution in [3.8, 4) is 0 Å². The molecule has 0 spiro atoms. The summed E-state index contributed by atoms with van der Waals surface area (Å²) < 4.78 is 1.95. The van der Waals surface area contributed by atoms with Crippen LogP contribution in [0.25, 0.3) is 5.65 Å². The molecule has 0 unspecified atom stereocenters. The summed E-state index contributed by atoms with van der Waals surface area (Å²) >= 11 is 0. The van der Waals surface area contributed by atoms with Crippen LogP contribution in [0.5, 0.6) is 0 Å². The summed E-state index contributed by atoms with van der Waals surface area (Å²) in [5, 5.41) is 22.0. The molecule has 9 heteroatoms. The minimum absolute atomic E-state index is 0. The van der Waals surface area contributed by atoms with Crippen molar-refractivity contribution in [1.82, 2.24) is 35.4 Å². The molecule has 0 saturated heterocycles. The highest BCUT2D eigenvalue weighted by Gasteiger charge is 2.05. The number of hydrogen-bond donors (Lipinski definition) is 3. The molecule has 0 aliphatic rings. The molecule has 3 heterocycles. The van der Waals surface area contributed by atoms with Crippen LogP contribution in [0, 0.1) is 6.92 Å². The van der Waals surface area contributed by atoms with Gasteiger partial charge in [0, 0.05) is 25.0 Å². The number of halogens is 1. The Hall–Kier alpha value is -2.17. The van der Waals surface area contributed by atoms with Crippen molar-refractivity contribution in [2.45, 2.75) is 33.2 Å². The summed E-state index contributed by atoms with van der Waals surface area (Å²) in [7, 11) is 0. The molecule has 0 aliphatic heterocycles. The van der Waals surface area contributed by atoms with Crippen LogP contribution >= 0.6 is 24.0 Å². The first-order valence-electron chi connectivity index (χ1n) is 8.57. The third-order valence-electron chi connectivity index (χ3n) is 3.96. The summed E-state index contributed by atoms with van der Waals surface area (Å²) in [6, 6.07) is 5.84. The van der Waals surface area contributed by atoms with Crippen LogP contribution in [-0.4, -0.2) is 43.8 Å². The number of nitrogens with one attached hydrogen (secondary N) is 3. The zero-order valence-corrected chi connectivity index (χ0v) is 17.4. The van der Waals surface area contributed by atoms with Gasteiger partial charge in [-0.05, 0) is 44.4 Å². The summed E-state index contributed by atoms with van der Waals surface area (Å²) in [6.45, 7) is 6.23. The summed E-state index contributed by atoms with van der Waals surface area (Å²) in [4.78, 5) is 4.61. The molecule has 0 aliphatic carbocycles. The average molecular weight is 468 g/mol. The molecule has 0 bridgehead atoms. The van der Waals surface area contributed by atoms with E-state index in [4.69, 9.17) is 0 Å². The quantitative estimate of drug-likeness (QED) is 0.214. The zero-order valence-electron chi connectivity index (χ0n) is 15.1. The maximum absolute atomic E-state index is 4.61. The van der Waals surface area contributed by atoms with Crippen molar-refractivity contribution in [3.05, 3.63) is 47.7 Å². The topological polar surface area (TPSA) is 95.3 Å². The maximum Gasteiger partial charge on any atom is 0.191 e. The third kappa shape index (κ3) is 5.16. The Morgan fingerprint density at radius 1 is 1.27 bits per heavy atom. The molecule has 0 fully saturated rings. The van der Waals surface area contributed by atoms with E-state index in [9.17, 15) is 0 Å². The van der Waals surface area contributed by atoms with E-state index in [1.54, 1.807) is 0 Å². The maximum atomic E-state index is 4.61. The fourth-order valence-electron chi connectivity index (χ4n) is 2.60. The summed E-state index contributed by atoms with van der Waals surface area (Å²) in [5.41, 5.74) is 3.24. The van der Waals surface area contributed by atoms with E-state index < -0.39 is 0 Å². The molecular formula is C17H25IN8. The highest BCUT2D eigenvalue weighted by atomic mass is 127. The van der Waals surface area contributed by atoms with Gasteiger partial charge in [0.05, 0.1) is 6.20 Å². The van der Waals surface area contributed by atoms with E-state index in [2.05, 4.69) is 42.9 Å².